The van der Waals surface area contributed by atoms with Gasteiger partial charge in [0, 0.05) is 6.54 Å². The first kappa shape index (κ1) is 22.8. The first-order valence-corrected chi connectivity index (χ1v) is 9.93. The summed E-state index contributed by atoms with van der Waals surface area (Å²) in [6.07, 6.45) is 0.399. The van der Waals surface area contributed by atoms with Crippen LogP contribution in [-0.2, 0) is 17.8 Å². The van der Waals surface area contributed by atoms with Gasteiger partial charge >= 0.3 is 5.97 Å². The molecule has 5 heteroatoms. The molecule has 0 saturated heterocycles. The first-order chi connectivity index (χ1) is 13.4. The minimum Gasteiger partial charge on any atom is -0.488 e. The molecule has 0 aromatic heterocycles. The summed E-state index contributed by atoms with van der Waals surface area (Å²) in [5.74, 6) is 0.708. The van der Waals surface area contributed by atoms with Gasteiger partial charge in [-0.25, -0.2) is 0 Å². The van der Waals surface area contributed by atoms with Gasteiger partial charge in [-0.05, 0) is 83.4 Å². The maximum absolute atomic E-state index is 11.7. The second-order valence-corrected chi connectivity index (χ2v) is 9.19. The van der Waals surface area contributed by atoms with E-state index in [1.807, 2.05) is 90.1 Å². The summed E-state index contributed by atoms with van der Waals surface area (Å²) >= 11 is 0. The molecule has 0 aliphatic rings. The Hall–Kier alpha value is -2.53. The fraction of sp³-hybridized carbons (Fsp3) is 0.458. The summed E-state index contributed by atoms with van der Waals surface area (Å²) in [7, 11) is 0. The molecule has 0 amide bonds. The van der Waals surface area contributed by atoms with Gasteiger partial charge in [0.2, 0.25) is 0 Å². The number of aliphatic carboxylic acids is 1. The van der Waals surface area contributed by atoms with Crippen molar-refractivity contribution in [2.75, 3.05) is 0 Å². The Morgan fingerprint density at radius 2 is 1.24 bits per heavy atom. The van der Waals surface area contributed by atoms with Crippen molar-refractivity contribution in [3.8, 4) is 11.5 Å². The number of nitrogens with one attached hydrogen (secondary N) is 1. The van der Waals surface area contributed by atoms with Gasteiger partial charge in [-0.3, -0.25) is 4.79 Å². The molecule has 0 fully saturated rings. The van der Waals surface area contributed by atoms with Gasteiger partial charge in [0.05, 0.1) is 0 Å². The zero-order valence-electron chi connectivity index (χ0n) is 18.3. The topological polar surface area (TPSA) is 67.8 Å². The Labute approximate surface area is 174 Å². The number of carboxylic acid groups (broad SMARTS) is 1. The molecule has 2 aromatic rings. The molecule has 158 valence electrons. The fourth-order valence-corrected chi connectivity index (χ4v) is 2.80. The zero-order chi connectivity index (χ0) is 21.7. The van der Waals surface area contributed by atoms with Gasteiger partial charge in [0.25, 0.3) is 0 Å². The number of carboxylic acids is 1. The average molecular weight is 400 g/mol. The van der Waals surface area contributed by atoms with Crippen molar-refractivity contribution < 1.29 is 19.4 Å². The van der Waals surface area contributed by atoms with E-state index in [1.54, 1.807) is 0 Å². The summed E-state index contributed by atoms with van der Waals surface area (Å²) < 4.78 is 11.6. The molecule has 0 radical (unpaired) electrons. The van der Waals surface area contributed by atoms with Crippen molar-refractivity contribution >= 4 is 5.97 Å². The van der Waals surface area contributed by atoms with E-state index in [1.165, 1.54) is 0 Å². The number of hydrogen-bond donors (Lipinski definition) is 2. The molecular weight excluding hydrogens is 366 g/mol. The van der Waals surface area contributed by atoms with E-state index in [9.17, 15) is 9.90 Å². The Bertz CT molecular complexity index is 784. The molecule has 29 heavy (non-hydrogen) atoms. The lowest BCUT2D eigenvalue weighted by molar-refractivity contribution is -0.139. The van der Waals surface area contributed by atoms with Crippen molar-refractivity contribution in [2.24, 2.45) is 0 Å². The number of ether oxygens (including phenoxy) is 2. The maximum atomic E-state index is 11.7. The van der Waals surface area contributed by atoms with Crippen molar-refractivity contribution in [3.63, 3.8) is 0 Å². The molecule has 0 saturated carbocycles. The van der Waals surface area contributed by atoms with Crippen LogP contribution in [0.15, 0.2) is 48.5 Å². The minimum absolute atomic E-state index is 0.248. The summed E-state index contributed by atoms with van der Waals surface area (Å²) in [5, 5.41) is 12.7. The third kappa shape index (κ3) is 8.57. The van der Waals surface area contributed by atoms with E-state index in [-0.39, 0.29) is 11.2 Å². The lowest BCUT2D eigenvalue weighted by atomic mass is 10.1. The van der Waals surface area contributed by atoms with Crippen molar-refractivity contribution in [2.45, 2.75) is 71.8 Å². The highest BCUT2D eigenvalue weighted by atomic mass is 16.5. The first-order valence-electron chi connectivity index (χ1n) is 9.93. The van der Waals surface area contributed by atoms with Crippen LogP contribution >= 0.6 is 0 Å². The van der Waals surface area contributed by atoms with E-state index < -0.39 is 12.0 Å². The molecule has 2 N–H and O–H groups in total. The highest BCUT2D eigenvalue weighted by Crippen LogP contribution is 2.20. The molecular formula is C24H33NO4. The zero-order valence-corrected chi connectivity index (χ0v) is 18.3. The third-order valence-electron chi connectivity index (χ3n) is 3.99. The van der Waals surface area contributed by atoms with Crippen molar-refractivity contribution in [1.29, 1.82) is 0 Å². The van der Waals surface area contributed by atoms with Crippen molar-refractivity contribution in [3.05, 3.63) is 59.7 Å². The summed E-state index contributed by atoms with van der Waals surface area (Å²) in [6, 6.07) is 14.6. The second-order valence-electron chi connectivity index (χ2n) is 9.19. The summed E-state index contributed by atoms with van der Waals surface area (Å²) in [5.41, 5.74) is 1.44. The van der Waals surface area contributed by atoms with Crippen LogP contribution < -0.4 is 14.8 Å². The van der Waals surface area contributed by atoms with Crippen LogP contribution in [0.2, 0.25) is 0 Å². The number of benzene rings is 2. The highest BCUT2D eigenvalue weighted by Gasteiger charge is 2.18. The second kappa shape index (κ2) is 9.31. The molecule has 5 nitrogen and oxygen atoms in total. The van der Waals surface area contributed by atoms with E-state index in [4.69, 9.17) is 9.47 Å². The number of rotatable bonds is 8. The van der Waals surface area contributed by atoms with Crippen LogP contribution in [0.3, 0.4) is 0 Å². The van der Waals surface area contributed by atoms with E-state index >= 15 is 0 Å². The van der Waals surface area contributed by atoms with Gasteiger partial charge < -0.3 is 19.9 Å². The van der Waals surface area contributed by atoms with Gasteiger partial charge in [-0.2, -0.15) is 0 Å². The molecule has 0 spiro atoms. The lowest BCUT2D eigenvalue weighted by Gasteiger charge is -2.22. The van der Waals surface area contributed by atoms with E-state index in [0.29, 0.717) is 13.0 Å². The van der Waals surface area contributed by atoms with Gasteiger partial charge in [-0.15, -0.1) is 0 Å². The predicted octanol–water partition coefficient (Wildman–Crippen LogP) is 4.83. The minimum atomic E-state index is -0.868. The SMILES string of the molecule is CC(C)(C)Oc1ccc(CN[C@@H](Cc2ccc(OC(C)(C)C)cc2)C(=O)O)cc1. The van der Waals surface area contributed by atoms with Crippen LogP contribution in [-0.4, -0.2) is 28.3 Å². The standard InChI is InChI=1S/C24H33NO4/c1-23(2,3)28-19-11-7-17(8-12-19)15-21(22(26)27)25-16-18-9-13-20(14-10-18)29-24(4,5)6/h7-14,21,25H,15-16H2,1-6H3,(H,26,27)/t21-/m0/s1. The lowest BCUT2D eigenvalue weighted by Crippen LogP contribution is -2.38. The van der Waals surface area contributed by atoms with E-state index in [2.05, 4.69) is 5.32 Å². The molecule has 0 aliphatic carbocycles. The number of hydrogen-bond acceptors (Lipinski definition) is 4. The monoisotopic (exact) mass is 399 g/mol. The summed E-state index contributed by atoms with van der Waals surface area (Å²) in [4.78, 5) is 11.7. The number of carbonyl (C=O) groups is 1. The normalized spacial score (nSPS) is 13.0. The third-order valence-corrected chi connectivity index (χ3v) is 3.99. The maximum Gasteiger partial charge on any atom is 0.321 e. The van der Waals surface area contributed by atoms with Crippen molar-refractivity contribution in [1.82, 2.24) is 5.32 Å². The quantitative estimate of drug-likeness (QED) is 0.666. The fourth-order valence-electron chi connectivity index (χ4n) is 2.80. The van der Waals surface area contributed by atoms with Crippen LogP contribution in [0.1, 0.15) is 52.7 Å². The Morgan fingerprint density at radius 3 is 1.62 bits per heavy atom. The molecule has 0 bridgehead atoms. The molecule has 0 unspecified atom stereocenters. The molecule has 2 rings (SSSR count). The van der Waals surface area contributed by atoms with Gasteiger partial charge in [0.1, 0.15) is 28.7 Å². The smallest absolute Gasteiger partial charge is 0.321 e. The van der Waals surface area contributed by atoms with Crippen LogP contribution in [0.5, 0.6) is 11.5 Å². The molecule has 2 aromatic carbocycles. The van der Waals surface area contributed by atoms with Crippen LogP contribution in [0.4, 0.5) is 0 Å². The molecule has 0 heterocycles. The Morgan fingerprint density at radius 1 is 0.828 bits per heavy atom. The molecule has 0 aliphatic heterocycles. The van der Waals surface area contributed by atoms with E-state index in [0.717, 1.165) is 22.6 Å². The molecule has 1 atom stereocenters. The highest BCUT2D eigenvalue weighted by molar-refractivity contribution is 5.73. The van der Waals surface area contributed by atoms with Crippen LogP contribution in [0.25, 0.3) is 0 Å². The summed E-state index contributed by atoms with van der Waals surface area (Å²) in [6.45, 7) is 12.5. The largest absolute Gasteiger partial charge is 0.488 e. The Kier molecular flexibility index (Phi) is 7.31. The Balaban J connectivity index is 1.94. The van der Waals surface area contributed by atoms with Crippen LogP contribution in [0, 0.1) is 0 Å². The van der Waals surface area contributed by atoms with Gasteiger partial charge in [0.15, 0.2) is 0 Å². The van der Waals surface area contributed by atoms with Gasteiger partial charge in [-0.1, -0.05) is 24.3 Å². The predicted molar refractivity (Wildman–Crippen MR) is 116 cm³/mol. The average Bonchev–Trinajstić information content (AvgIpc) is 2.58.